The third-order valence-corrected chi connectivity index (χ3v) is 5.02. The molecule has 0 spiro atoms. The molecule has 0 amide bonds. The lowest BCUT2D eigenvalue weighted by atomic mass is 10.1. The highest BCUT2D eigenvalue weighted by atomic mass is 16.5. The van der Waals surface area contributed by atoms with Crippen LogP contribution < -0.4 is 14.8 Å². The molecule has 148 valence electrons. The van der Waals surface area contributed by atoms with E-state index in [1.807, 2.05) is 36.4 Å². The van der Waals surface area contributed by atoms with E-state index >= 15 is 0 Å². The summed E-state index contributed by atoms with van der Waals surface area (Å²) in [7, 11) is 1.70. The molecule has 1 heterocycles. The number of ether oxygens (including phenoxy) is 2. The van der Waals surface area contributed by atoms with Crippen LogP contribution in [0.3, 0.4) is 0 Å². The molecule has 0 saturated carbocycles. The third kappa shape index (κ3) is 4.98. The van der Waals surface area contributed by atoms with Crippen molar-refractivity contribution in [3.8, 4) is 11.5 Å². The van der Waals surface area contributed by atoms with Crippen LogP contribution >= 0.6 is 0 Å². The highest BCUT2D eigenvalue weighted by molar-refractivity contribution is 5.84. The number of fused-ring (bicyclic) bond motifs is 1. The second kappa shape index (κ2) is 9.30. The minimum Gasteiger partial charge on any atom is -0.497 e. The summed E-state index contributed by atoms with van der Waals surface area (Å²) in [6, 6.07) is 24.6. The number of hydrogen-bond acceptors (Lipinski definition) is 3. The zero-order chi connectivity index (χ0) is 19.9. The Balaban J connectivity index is 1.28. The van der Waals surface area contributed by atoms with E-state index in [0.29, 0.717) is 6.61 Å². The molecular formula is C25H26N2O2. The summed E-state index contributed by atoms with van der Waals surface area (Å²) in [6.45, 7) is 2.30. The average molecular weight is 386 g/mol. The molecule has 4 heteroatoms. The first-order valence-corrected chi connectivity index (χ1v) is 9.92. The largest absolute Gasteiger partial charge is 0.497 e. The normalized spacial score (nSPS) is 10.9. The molecule has 29 heavy (non-hydrogen) atoms. The van der Waals surface area contributed by atoms with Crippen molar-refractivity contribution in [2.45, 2.75) is 19.6 Å². The maximum Gasteiger partial charge on any atom is 0.120 e. The molecule has 0 radical (unpaired) electrons. The van der Waals surface area contributed by atoms with Crippen LogP contribution in [0, 0.1) is 0 Å². The Morgan fingerprint density at radius 3 is 2.59 bits per heavy atom. The Bertz CT molecular complexity index is 1060. The van der Waals surface area contributed by atoms with Crippen LogP contribution in [0.5, 0.6) is 11.5 Å². The first kappa shape index (κ1) is 19.1. The van der Waals surface area contributed by atoms with Crippen molar-refractivity contribution in [3.63, 3.8) is 0 Å². The molecule has 4 nitrogen and oxygen atoms in total. The number of aromatic nitrogens is 1. The lowest BCUT2D eigenvalue weighted by molar-refractivity contribution is 0.306. The predicted octanol–water partition coefficient (Wildman–Crippen LogP) is 5.09. The monoisotopic (exact) mass is 386 g/mol. The van der Waals surface area contributed by atoms with E-state index in [1.165, 1.54) is 22.1 Å². The number of hydrogen-bond donors (Lipinski definition) is 2. The highest BCUT2D eigenvalue weighted by Gasteiger charge is 2.05. The zero-order valence-corrected chi connectivity index (χ0v) is 16.7. The van der Waals surface area contributed by atoms with E-state index in [4.69, 9.17) is 9.47 Å². The third-order valence-electron chi connectivity index (χ3n) is 5.02. The average Bonchev–Trinajstić information content (AvgIpc) is 3.18. The molecule has 0 aliphatic carbocycles. The van der Waals surface area contributed by atoms with Crippen LogP contribution in [-0.4, -0.2) is 18.6 Å². The first-order valence-electron chi connectivity index (χ1n) is 9.92. The van der Waals surface area contributed by atoms with Crippen molar-refractivity contribution < 1.29 is 9.47 Å². The van der Waals surface area contributed by atoms with Crippen LogP contribution in [0.15, 0.2) is 79.0 Å². The van der Waals surface area contributed by atoms with Crippen molar-refractivity contribution in [2.24, 2.45) is 0 Å². The van der Waals surface area contributed by atoms with Gasteiger partial charge in [0.25, 0.3) is 0 Å². The number of methoxy groups -OCH3 is 1. The second-order valence-corrected chi connectivity index (χ2v) is 7.07. The van der Waals surface area contributed by atoms with Crippen LogP contribution in [-0.2, 0) is 19.6 Å². The molecule has 4 rings (SSSR count). The molecule has 0 saturated heterocycles. The van der Waals surface area contributed by atoms with Crippen molar-refractivity contribution in [3.05, 3.63) is 95.7 Å². The standard InChI is InChI=1S/C25H26N2O2/c1-28-22-10-11-25-24(15-22)21(17-27-25)12-13-26-16-20-8-5-9-23(14-20)29-18-19-6-3-2-4-7-19/h2-11,14-15,17,26-27H,12-13,16,18H2,1H3. The molecule has 0 bridgehead atoms. The fraction of sp³-hybridized carbons (Fsp3) is 0.200. The Labute approximate surface area is 171 Å². The molecular weight excluding hydrogens is 360 g/mol. The van der Waals surface area contributed by atoms with Crippen molar-refractivity contribution in [1.29, 1.82) is 0 Å². The van der Waals surface area contributed by atoms with Crippen LogP contribution in [0.1, 0.15) is 16.7 Å². The van der Waals surface area contributed by atoms with Gasteiger partial charge in [-0.1, -0.05) is 42.5 Å². The van der Waals surface area contributed by atoms with Crippen LogP contribution in [0.4, 0.5) is 0 Å². The summed E-state index contributed by atoms with van der Waals surface area (Å²) in [6.07, 6.45) is 3.04. The SMILES string of the molecule is COc1ccc2[nH]cc(CCNCc3cccc(OCc4ccccc4)c3)c2c1. The minimum absolute atomic E-state index is 0.585. The molecule has 2 N–H and O–H groups in total. The van der Waals surface area contributed by atoms with E-state index in [1.54, 1.807) is 7.11 Å². The number of aromatic amines is 1. The van der Waals surface area contributed by atoms with E-state index in [9.17, 15) is 0 Å². The Kier molecular flexibility index (Phi) is 6.13. The lowest BCUT2D eigenvalue weighted by Gasteiger charge is -2.09. The zero-order valence-electron chi connectivity index (χ0n) is 16.7. The molecule has 0 aliphatic heterocycles. The van der Waals surface area contributed by atoms with Gasteiger partial charge in [0.2, 0.25) is 0 Å². The molecule has 0 aliphatic rings. The van der Waals surface area contributed by atoms with E-state index in [2.05, 4.69) is 52.9 Å². The first-order chi connectivity index (χ1) is 14.3. The molecule has 0 fully saturated rings. The number of rotatable bonds is 9. The fourth-order valence-electron chi connectivity index (χ4n) is 3.43. The summed E-state index contributed by atoms with van der Waals surface area (Å²) in [5.41, 5.74) is 4.83. The molecule has 0 atom stereocenters. The van der Waals surface area contributed by atoms with Gasteiger partial charge in [-0.25, -0.2) is 0 Å². The molecule has 3 aromatic carbocycles. The van der Waals surface area contributed by atoms with Gasteiger partial charge in [0.05, 0.1) is 7.11 Å². The van der Waals surface area contributed by atoms with Gasteiger partial charge in [0.15, 0.2) is 0 Å². The predicted molar refractivity (Wildman–Crippen MR) is 117 cm³/mol. The van der Waals surface area contributed by atoms with Crippen molar-refractivity contribution in [2.75, 3.05) is 13.7 Å². The minimum atomic E-state index is 0.585. The number of nitrogens with one attached hydrogen (secondary N) is 2. The highest BCUT2D eigenvalue weighted by Crippen LogP contribution is 2.23. The maximum atomic E-state index is 5.92. The van der Waals surface area contributed by atoms with Gasteiger partial charge in [-0.05, 0) is 60.0 Å². The number of H-pyrrole nitrogens is 1. The Morgan fingerprint density at radius 1 is 0.862 bits per heavy atom. The van der Waals surface area contributed by atoms with E-state index in [0.717, 1.165) is 36.5 Å². The molecule has 1 aromatic heterocycles. The maximum absolute atomic E-state index is 5.92. The van der Waals surface area contributed by atoms with Gasteiger partial charge >= 0.3 is 0 Å². The second-order valence-electron chi connectivity index (χ2n) is 7.07. The lowest BCUT2D eigenvalue weighted by Crippen LogP contribution is -2.16. The topological polar surface area (TPSA) is 46.3 Å². The summed E-state index contributed by atoms with van der Waals surface area (Å²) in [4.78, 5) is 3.33. The van der Waals surface area contributed by atoms with Crippen LogP contribution in [0.25, 0.3) is 10.9 Å². The van der Waals surface area contributed by atoms with Gasteiger partial charge in [0.1, 0.15) is 18.1 Å². The van der Waals surface area contributed by atoms with E-state index < -0.39 is 0 Å². The summed E-state index contributed by atoms with van der Waals surface area (Å²) in [5.74, 6) is 1.79. The summed E-state index contributed by atoms with van der Waals surface area (Å²) in [5, 5.41) is 4.76. The Morgan fingerprint density at radius 2 is 1.72 bits per heavy atom. The van der Waals surface area contributed by atoms with Gasteiger partial charge in [0, 0.05) is 23.6 Å². The summed E-state index contributed by atoms with van der Waals surface area (Å²) >= 11 is 0. The fourth-order valence-corrected chi connectivity index (χ4v) is 3.43. The molecule has 0 unspecified atom stereocenters. The van der Waals surface area contributed by atoms with E-state index in [-0.39, 0.29) is 0 Å². The summed E-state index contributed by atoms with van der Waals surface area (Å²) < 4.78 is 11.3. The van der Waals surface area contributed by atoms with Gasteiger partial charge in [-0.3, -0.25) is 0 Å². The van der Waals surface area contributed by atoms with Gasteiger partial charge in [-0.15, -0.1) is 0 Å². The van der Waals surface area contributed by atoms with Crippen molar-refractivity contribution >= 4 is 10.9 Å². The molecule has 4 aromatic rings. The number of benzene rings is 3. The van der Waals surface area contributed by atoms with Gasteiger partial charge < -0.3 is 19.8 Å². The smallest absolute Gasteiger partial charge is 0.120 e. The van der Waals surface area contributed by atoms with Gasteiger partial charge in [-0.2, -0.15) is 0 Å². The quantitative estimate of drug-likeness (QED) is 0.394. The van der Waals surface area contributed by atoms with Crippen LogP contribution in [0.2, 0.25) is 0 Å². The van der Waals surface area contributed by atoms with Crippen molar-refractivity contribution in [1.82, 2.24) is 10.3 Å². The Hall–Kier alpha value is -3.24.